The minimum atomic E-state index is -4.42. The maximum absolute atomic E-state index is 13.1. The molecule has 0 unspecified atom stereocenters. The highest BCUT2D eigenvalue weighted by atomic mass is 32.2. The molecule has 8 heteroatoms. The smallest absolute Gasteiger partial charge is 0.318 e. The number of anilines is 1. The highest BCUT2D eigenvalue weighted by molar-refractivity contribution is 8.27. The Kier molecular flexibility index (Phi) is 5.53. The van der Waals surface area contributed by atoms with E-state index in [-0.39, 0.29) is 5.91 Å². The molecule has 1 aromatic heterocycles. The average molecular weight is 459 g/mol. The van der Waals surface area contributed by atoms with Crippen LogP contribution in [0.3, 0.4) is 0 Å². The molecule has 2 aromatic carbocycles. The van der Waals surface area contributed by atoms with Gasteiger partial charge >= 0.3 is 6.18 Å². The lowest BCUT2D eigenvalue weighted by molar-refractivity contribution is -0.137. The average Bonchev–Trinajstić information content (AvgIpc) is 3.16. The highest BCUT2D eigenvalue weighted by Crippen LogP contribution is 2.37. The minimum Gasteiger partial charge on any atom is -0.318 e. The van der Waals surface area contributed by atoms with Gasteiger partial charge in [0.1, 0.15) is 0 Å². The molecular formula is C23H17F3N2OS2. The Morgan fingerprint density at radius 2 is 1.65 bits per heavy atom. The van der Waals surface area contributed by atoms with Crippen molar-refractivity contribution in [1.82, 2.24) is 4.57 Å². The molecule has 1 amide bonds. The van der Waals surface area contributed by atoms with E-state index in [0.29, 0.717) is 20.6 Å². The molecule has 1 aliphatic heterocycles. The van der Waals surface area contributed by atoms with Crippen molar-refractivity contribution in [3.05, 3.63) is 88.1 Å². The number of thiocarbonyl (C=S) groups is 1. The van der Waals surface area contributed by atoms with Gasteiger partial charge in [-0.15, -0.1) is 0 Å². The zero-order chi connectivity index (χ0) is 22.3. The molecule has 0 spiro atoms. The lowest BCUT2D eigenvalue weighted by Crippen LogP contribution is -2.27. The molecule has 158 valence electrons. The van der Waals surface area contributed by atoms with Gasteiger partial charge in [0.2, 0.25) is 0 Å². The lowest BCUT2D eigenvalue weighted by atomic mass is 10.2. The minimum absolute atomic E-state index is 0.218. The van der Waals surface area contributed by atoms with Gasteiger partial charge in [0.25, 0.3) is 5.91 Å². The van der Waals surface area contributed by atoms with Crippen molar-refractivity contribution < 1.29 is 18.0 Å². The number of benzene rings is 2. The summed E-state index contributed by atoms with van der Waals surface area (Å²) >= 11 is 6.61. The van der Waals surface area contributed by atoms with Gasteiger partial charge in [-0.25, -0.2) is 0 Å². The van der Waals surface area contributed by atoms with Gasteiger partial charge < -0.3 is 4.57 Å². The van der Waals surface area contributed by atoms with Crippen LogP contribution in [-0.4, -0.2) is 14.8 Å². The monoisotopic (exact) mass is 458 g/mol. The number of thioether (sulfide) groups is 1. The van der Waals surface area contributed by atoms with Crippen LogP contribution in [0, 0.1) is 13.8 Å². The zero-order valence-corrected chi connectivity index (χ0v) is 18.2. The second-order valence-electron chi connectivity index (χ2n) is 7.06. The summed E-state index contributed by atoms with van der Waals surface area (Å²) in [6.45, 7) is 3.64. The fraction of sp³-hybridized carbons (Fsp3) is 0.130. The van der Waals surface area contributed by atoms with Crippen LogP contribution in [0.2, 0.25) is 0 Å². The Morgan fingerprint density at radius 3 is 2.32 bits per heavy atom. The molecule has 4 rings (SSSR count). The molecule has 3 aromatic rings. The number of hydrogen-bond acceptors (Lipinski definition) is 3. The summed E-state index contributed by atoms with van der Waals surface area (Å²) in [6.07, 6.45) is -2.67. The summed E-state index contributed by atoms with van der Waals surface area (Å²) in [6, 6.07) is 16.2. The standard InChI is InChI=1S/C23H17F3N2OS2/c1-14-11-16(15(2)27(14)19-10-6-7-17(13-19)23(24,25)26)12-20-21(29)28(22(30)31-20)18-8-4-3-5-9-18/h3-13H,1-2H3/b20-12-. The molecule has 0 N–H and O–H groups in total. The highest BCUT2D eigenvalue weighted by Gasteiger charge is 2.34. The molecule has 0 radical (unpaired) electrons. The van der Waals surface area contributed by atoms with Crippen molar-refractivity contribution in [2.45, 2.75) is 20.0 Å². The Labute approximate surface area is 187 Å². The predicted octanol–water partition coefficient (Wildman–Crippen LogP) is 6.52. The first-order valence-corrected chi connectivity index (χ1v) is 10.6. The summed E-state index contributed by atoms with van der Waals surface area (Å²) in [4.78, 5) is 14.9. The number of alkyl halides is 3. The van der Waals surface area contributed by atoms with Crippen molar-refractivity contribution in [3.63, 3.8) is 0 Å². The van der Waals surface area contributed by atoms with Crippen molar-refractivity contribution in [3.8, 4) is 5.69 Å². The van der Waals surface area contributed by atoms with Crippen LogP contribution in [0.15, 0.2) is 65.6 Å². The predicted molar refractivity (Wildman–Crippen MR) is 122 cm³/mol. The van der Waals surface area contributed by atoms with Crippen LogP contribution in [0.5, 0.6) is 0 Å². The largest absolute Gasteiger partial charge is 0.416 e. The Morgan fingerprint density at radius 1 is 0.968 bits per heavy atom. The van der Waals surface area contributed by atoms with Gasteiger partial charge in [-0.3, -0.25) is 9.69 Å². The first-order chi connectivity index (χ1) is 14.7. The van der Waals surface area contributed by atoms with Crippen LogP contribution in [0.1, 0.15) is 22.5 Å². The molecule has 1 saturated heterocycles. The summed E-state index contributed by atoms with van der Waals surface area (Å²) < 4.78 is 41.6. The van der Waals surface area contributed by atoms with Crippen molar-refractivity contribution >= 4 is 46.0 Å². The Hall–Kier alpha value is -2.84. The van der Waals surface area contributed by atoms with Gasteiger partial charge in [0.15, 0.2) is 4.32 Å². The summed E-state index contributed by atoms with van der Waals surface area (Å²) in [5.41, 5.74) is 2.67. The van der Waals surface area contributed by atoms with Crippen LogP contribution in [-0.2, 0) is 11.0 Å². The zero-order valence-electron chi connectivity index (χ0n) is 16.6. The van der Waals surface area contributed by atoms with E-state index < -0.39 is 11.7 Å². The molecule has 0 bridgehead atoms. The van der Waals surface area contributed by atoms with E-state index >= 15 is 0 Å². The molecule has 0 aliphatic carbocycles. The van der Waals surface area contributed by atoms with E-state index in [0.717, 1.165) is 29.1 Å². The number of nitrogens with zero attached hydrogens (tertiary/aromatic N) is 2. The van der Waals surface area contributed by atoms with E-state index in [2.05, 4.69) is 0 Å². The molecule has 0 saturated carbocycles. The number of aryl methyl sites for hydroxylation is 1. The van der Waals surface area contributed by atoms with Gasteiger partial charge in [-0.1, -0.05) is 48.2 Å². The van der Waals surface area contributed by atoms with E-state index in [1.807, 2.05) is 50.2 Å². The molecule has 2 heterocycles. The second kappa shape index (κ2) is 8.01. The molecule has 0 atom stereocenters. The molecule has 1 aliphatic rings. The number of amides is 1. The first-order valence-electron chi connectivity index (χ1n) is 9.36. The Balaban J connectivity index is 1.71. The summed E-state index contributed by atoms with van der Waals surface area (Å²) in [5, 5.41) is 0. The normalized spacial score (nSPS) is 15.9. The van der Waals surface area contributed by atoms with Gasteiger partial charge in [0, 0.05) is 17.1 Å². The Bertz CT molecular complexity index is 1210. The second-order valence-corrected chi connectivity index (χ2v) is 8.74. The van der Waals surface area contributed by atoms with Crippen LogP contribution >= 0.6 is 24.0 Å². The first kappa shape index (κ1) is 21.4. The van der Waals surface area contributed by atoms with Crippen LogP contribution in [0.4, 0.5) is 18.9 Å². The molecule has 3 nitrogen and oxygen atoms in total. The van der Waals surface area contributed by atoms with Gasteiger partial charge in [0.05, 0.1) is 16.2 Å². The number of aromatic nitrogens is 1. The number of carbonyl (C=O) groups is 1. The number of halogens is 3. The summed E-state index contributed by atoms with van der Waals surface area (Å²) in [5.74, 6) is -0.218. The third-order valence-corrected chi connectivity index (χ3v) is 6.30. The number of hydrogen-bond donors (Lipinski definition) is 0. The fourth-order valence-corrected chi connectivity index (χ4v) is 4.85. The van der Waals surface area contributed by atoms with Crippen molar-refractivity contribution in [1.29, 1.82) is 0 Å². The molecular weight excluding hydrogens is 441 g/mol. The lowest BCUT2D eigenvalue weighted by Gasteiger charge is -2.14. The van der Waals surface area contributed by atoms with Gasteiger partial charge in [-0.05, 0) is 61.9 Å². The number of rotatable bonds is 3. The fourth-order valence-electron chi connectivity index (χ4n) is 3.56. The number of carbonyl (C=O) groups excluding carboxylic acids is 1. The van der Waals surface area contributed by atoms with E-state index in [9.17, 15) is 18.0 Å². The van der Waals surface area contributed by atoms with Crippen molar-refractivity contribution in [2.24, 2.45) is 0 Å². The SMILES string of the molecule is Cc1cc(/C=C2\SC(=S)N(c3ccccc3)C2=O)c(C)n1-c1cccc(C(F)(F)F)c1. The van der Waals surface area contributed by atoms with E-state index in [1.54, 1.807) is 16.7 Å². The van der Waals surface area contributed by atoms with Crippen LogP contribution < -0.4 is 4.90 Å². The molecule has 1 fully saturated rings. The van der Waals surface area contributed by atoms with Gasteiger partial charge in [-0.2, -0.15) is 13.2 Å². The molecule has 31 heavy (non-hydrogen) atoms. The van der Waals surface area contributed by atoms with Crippen molar-refractivity contribution in [2.75, 3.05) is 4.90 Å². The third-order valence-electron chi connectivity index (χ3n) is 5.00. The quantitative estimate of drug-likeness (QED) is 0.330. The third kappa shape index (κ3) is 4.05. The van der Waals surface area contributed by atoms with E-state index in [1.165, 1.54) is 22.7 Å². The maximum Gasteiger partial charge on any atom is 0.416 e. The van der Waals surface area contributed by atoms with E-state index in [4.69, 9.17) is 12.2 Å². The summed E-state index contributed by atoms with van der Waals surface area (Å²) in [7, 11) is 0. The topological polar surface area (TPSA) is 25.2 Å². The number of para-hydroxylation sites is 1. The van der Waals surface area contributed by atoms with Crippen LogP contribution in [0.25, 0.3) is 11.8 Å². The maximum atomic E-state index is 13.1.